The smallest absolute Gasteiger partial charge is 0.330 e. The maximum Gasteiger partial charge on any atom is 0.358 e. The van der Waals surface area contributed by atoms with Crippen LogP contribution in [0.3, 0.4) is 0 Å². The maximum absolute atomic E-state index is 10.5. The average Bonchev–Trinajstić information content (AvgIpc) is 2.03. The number of carbonyl (C=O) groups excluding carboxylic acids is 1. The molecule has 0 aliphatic carbocycles. The first-order valence-electron chi connectivity index (χ1n) is 3.53. The van der Waals surface area contributed by atoms with Gasteiger partial charge < -0.3 is 11.5 Å². The lowest BCUT2D eigenvalue weighted by atomic mass is 10.1. The van der Waals surface area contributed by atoms with E-state index in [1.807, 2.05) is 0 Å². The summed E-state index contributed by atoms with van der Waals surface area (Å²) in [6, 6.07) is -0.730. The molecule has 0 aliphatic rings. The van der Waals surface area contributed by atoms with E-state index in [2.05, 4.69) is 4.89 Å². The van der Waals surface area contributed by atoms with Gasteiger partial charge in [0.2, 0.25) is 0 Å². The third kappa shape index (κ3) is 4.72. The molecule has 0 fully saturated rings. The largest absolute Gasteiger partial charge is 0.358 e. The standard InChI is InChI=1S/C6H14N2O3/c7-4-2-1-3-5(8)6(9)11-10/h5,10H,1-4,7-8H2. The summed E-state index contributed by atoms with van der Waals surface area (Å²) in [6.07, 6.45) is 2.09. The highest BCUT2D eigenvalue weighted by molar-refractivity contribution is 5.74. The second-order valence-corrected chi connectivity index (χ2v) is 2.30. The number of carbonyl (C=O) groups is 1. The average molecular weight is 162 g/mol. The molecule has 0 heterocycles. The summed E-state index contributed by atoms with van der Waals surface area (Å²) >= 11 is 0. The van der Waals surface area contributed by atoms with Gasteiger partial charge in [0.25, 0.3) is 0 Å². The third-order valence-electron chi connectivity index (χ3n) is 1.36. The zero-order valence-electron chi connectivity index (χ0n) is 6.32. The van der Waals surface area contributed by atoms with Crippen LogP contribution in [-0.4, -0.2) is 23.8 Å². The van der Waals surface area contributed by atoms with Gasteiger partial charge in [-0.05, 0) is 19.4 Å². The minimum Gasteiger partial charge on any atom is -0.330 e. The number of hydrogen-bond donors (Lipinski definition) is 3. The van der Waals surface area contributed by atoms with Crippen molar-refractivity contribution in [2.24, 2.45) is 11.5 Å². The second kappa shape index (κ2) is 6.09. The Bertz CT molecular complexity index is 118. The van der Waals surface area contributed by atoms with Gasteiger partial charge in [0.05, 0.1) is 0 Å². The van der Waals surface area contributed by atoms with E-state index in [-0.39, 0.29) is 0 Å². The van der Waals surface area contributed by atoms with Crippen molar-refractivity contribution in [3.8, 4) is 0 Å². The molecule has 0 bridgehead atoms. The molecule has 5 nitrogen and oxygen atoms in total. The lowest BCUT2D eigenvalue weighted by molar-refractivity contribution is -0.235. The summed E-state index contributed by atoms with van der Waals surface area (Å²) in [5.74, 6) is -0.790. The Balaban J connectivity index is 3.36. The first kappa shape index (κ1) is 10.3. The summed E-state index contributed by atoms with van der Waals surface area (Å²) in [4.78, 5) is 13.9. The Morgan fingerprint density at radius 3 is 2.64 bits per heavy atom. The number of hydrogen-bond acceptors (Lipinski definition) is 5. The molecule has 5 heteroatoms. The normalized spacial score (nSPS) is 12.6. The van der Waals surface area contributed by atoms with E-state index in [1.54, 1.807) is 0 Å². The van der Waals surface area contributed by atoms with Crippen molar-refractivity contribution in [1.82, 2.24) is 0 Å². The molecule has 0 saturated heterocycles. The van der Waals surface area contributed by atoms with Crippen molar-refractivity contribution in [2.45, 2.75) is 25.3 Å². The van der Waals surface area contributed by atoms with Gasteiger partial charge in [-0.25, -0.2) is 4.79 Å². The van der Waals surface area contributed by atoms with Crippen molar-refractivity contribution in [1.29, 1.82) is 0 Å². The van der Waals surface area contributed by atoms with E-state index in [1.165, 1.54) is 0 Å². The number of unbranched alkanes of at least 4 members (excludes halogenated alkanes) is 1. The molecule has 0 aromatic carbocycles. The van der Waals surface area contributed by atoms with Crippen molar-refractivity contribution < 1.29 is 14.9 Å². The summed E-state index contributed by atoms with van der Waals surface area (Å²) in [7, 11) is 0. The van der Waals surface area contributed by atoms with Crippen LogP contribution in [0.5, 0.6) is 0 Å². The molecular formula is C6H14N2O3. The minimum atomic E-state index is -0.790. The zero-order chi connectivity index (χ0) is 8.69. The van der Waals surface area contributed by atoms with Crippen molar-refractivity contribution in [3.05, 3.63) is 0 Å². The van der Waals surface area contributed by atoms with Crippen LogP contribution < -0.4 is 11.5 Å². The Morgan fingerprint density at radius 2 is 2.18 bits per heavy atom. The molecular weight excluding hydrogens is 148 g/mol. The van der Waals surface area contributed by atoms with Gasteiger partial charge in [-0.1, -0.05) is 6.42 Å². The van der Waals surface area contributed by atoms with Crippen molar-refractivity contribution in [3.63, 3.8) is 0 Å². The monoisotopic (exact) mass is 162 g/mol. The lowest BCUT2D eigenvalue weighted by Crippen LogP contribution is -2.31. The van der Waals surface area contributed by atoms with E-state index in [4.69, 9.17) is 16.7 Å². The SMILES string of the molecule is NCCCCC(N)C(=O)OO. The quantitative estimate of drug-likeness (QED) is 0.286. The minimum absolute atomic E-state index is 0.497. The van der Waals surface area contributed by atoms with Gasteiger partial charge in [0, 0.05) is 0 Å². The van der Waals surface area contributed by atoms with Gasteiger partial charge in [0.15, 0.2) is 0 Å². The molecule has 0 aliphatic heterocycles. The van der Waals surface area contributed by atoms with E-state index in [0.717, 1.165) is 12.8 Å². The molecule has 0 spiro atoms. The van der Waals surface area contributed by atoms with Gasteiger partial charge in [-0.15, -0.1) is 0 Å². The van der Waals surface area contributed by atoms with Crippen LogP contribution in [0.15, 0.2) is 0 Å². The number of nitrogens with two attached hydrogens (primary N) is 2. The summed E-state index contributed by atoms with van der Waals surface area (Å²) in [5, 5.41) is 7.91. The molecule has 0 amide bonds. The fourth-order valence-electron chi connectivity index (χ4n) is 0.694. The number of rotatable bonds is 5. The Kier molecular flexibility index (Phi) is 5.73. The molecule has 5 N–H and O–H groups in total. The summed E-state index contributed by atoms with van der Waals surface area (Å²) in [6.45, 7) is 0.584. The molecule has 0 saturated carbocycles. The van der Waals surface area contributed by atoms with Crippen LogP contribution in [0.25, 0.3) is 0 Å². The second-order valence-electron chi connectivity index (χ2n) is 2.30. The molecule has 66 valence electrons. The highest BCUT2D eigenvalue weighted by atomic mass is 17.1. The molecule has 1 unspecified atom stereocenters. The Labute approximate surface area is 65.2 Å². The van der Waals surface area contributed by atoms with Crippen LogP contribution in [0.1, 0.15) is 19.3 Å². The van der Waals surface area contributed by atoms with E-state index >= 15 is 0 Å². The van der Waals surface area contributed by atoms with E-state index in [0.29, 0.717) is 13.0 Å². The first-order chi connectivity index (χ1) is 5.22. The van der Waals surface area contributed by atoms with Gasteiger partial charge >= 0.3 is 5.97 Å². The van der Waals surface area contributed by atoms with Crippen molar-refractivity contribution >= 4 is 5.97 Å². The first-order valence-corrected chi connectivity index (χ1v) is 3.53. The van der Waals surface area contributed by atoms with Gasteiger partial charge in [-0.3, -0.25) is 4.89 Å². The summed E-state index contributed by atoms with van der Waals surface area (Å²) in [5.41, 5.74) is 10.5. The lowest BCUT2D eigenvalue weighted by Gasteiger charge is -2.05. The fourth-order valence-corrected chi connectivity index (χ4v) is 0.694. The Hall–Kier alpha value is -0.650. The third-order valence-corrected chi connectivity index (χ3v) is 1.36. The topological polar surface area (TPSA) is 98.6 Å². The predicted molar refractivity (Wildman–Crippen MR) is 39.6 cm³/mol. The van der Waals surface area contributed by atoms with Gasteiger partial charge in [-0.2, -0.15) is 5.26 Å². The molecule has 1 atom stereocenters. The van der Waals surface area contributed by atoms with Crippen LogP contribution in [-0.2, 0) is 9.68 Å². The van der Waals surface area contributed by atoms with Crippen LogP contribution in [0.4, 0.5) is 0 Å². The maximum atomic E-state index is 10.5. The van der Waals surface area contributed by atoms with Crippen LogP contribution >= 0.6 is 0 Å². The molecule has 0 rings (SSSR count). The van der Waals surface area contributed by atoms with Crippen LogP contribution in [0, 0.1) is 0 Å². The zero-order valence-corrected chi connectivity index (χ0v) is 6.32. The molecule has 0 aromatic rings. The highest BCUT2D eigenvalue weighted by Crippen LogP contribution is 1.98. The summed E-state index contributed by atoms with van der Waals surface area (Å²) < 4.78 is 0. The van der Waals surface area contributed by atoms with E-state index in [9.17, 15) is 4.79 Å². The molecule has 11 heavy (non-hydrogen) atoms. The molecule has 0 radical (unpaired) electrons. The Morgan fingerprint density at radius 1 is 1.55 bits per heavy atom. The predicted octanol–water partition coefficient (Wildman–Crippen LogP) is -0.541. The molecule has 0 aromatic heterocycles. The van der Waals surface area contributed by atoms with Gasteiger partial charge in [0.1, 0.15) is 6.04 Å². The van der Waals surface area contributed by atoms with Crippen LogP contribution in [0.2, 0.25) is 0 Å². The van der Waals surface area contributed by atoms with Crippen molar-refractivity contribution in [2.75, 3.05) is 6.54 Å². The van der Waals surface area contributed by atoms with E-state index < -0.39 is 12.0 Å². The highest BCUT2D eigenvalue weighted by Gasteiger charge is 2.13. The fraction of sp³-hybridized carbons (Fsp3) is 0.833.